The summed E-state index contributed by atoms with van der Waals surface area (Å²) < 4.78 is 0. The molecule has 15 heavy (non-hydrogen) atoms. The van der Waals surface area contributed by atoms with Crippen LogP contribution in [0.15, 0.2) is 23.2 Å². The number of aldehydes is 1. The summed E-state index contributed by atoms with van der Waals surface area (Å²) in [4.78, 5) is 17.2. The average Bonchev–Trinajstić information content (AvgIpc) is 2.28. The van der Waals surface area contributed by atoms with Crippen molar-refractivity contribution in [3.8, 4) is 0 Å². The number of hydrogen-bond donors (Lipinski definition) is 0. The standard InChI is InChI=1S/C12H14N2O/c1-3-9-5-4-6-11-12(9)13-10(8-15)7-14(11)2/h4-6,8H,3,7H2,1-2H3. The number of carbonyl (C=O) groups is 1. The minimum atomic E-state index is 0.601. The lowest BCUT2D eigenvalue weighted by Crippen LogP contribution is -2.29. The fraction of sp³-hybridized carbons (Fsp3) is 0.333. The minimum Gasteiger partial charge on any atom is -0.367 e. The SMILES string of the molecule is CCc1cccc2c1N=C(C=O)CN2C. The predicted octanol–water partition coefficient (Wildman–Crippen LogP) is 1.97. The third-order valence-electron chi connectivity index (χ3n) is 2.68. The first-order chi connectivity index (χ1) is 7.26. The number of carbonyl (C=O) groups excluding carboxylic acids is 1. The minimum absolute atomic E-state index is 0.601. The second-order valence-electron chi connectivity index (χ2n) is 3.72. The number of para-hydroxylation sites is 1. The molecule has 0 spiro atoms. The maximum absolute atomic E-state index is 10.8. The van der Waals surface area contributed by atoms with Crippen molar-refractivity contribution < 1.29 is 4.79 Å². The van der Waals surface area contributed by atoms with E-state index in [1.54, 1.807) is 0 Å². The zero-order chi connectivity index (χ0) is 10.8. The molecule has 0 radical (unpaired) electrons. The molecule has 1 aliphatic rings. The van der Waals surface area contributed by atoms with Crippen molar-refractivity contribution in [3.05, 3.63) is 23.8 Å². The molecule has 3 nitrogen and oxygen atoms in total. The molecule has 1 aromatic rings. The summed E-state index contributed by atoms with van der Waals surface area (Å²) in [6.45, 7) is 2.70. The Hall–Kier alpha value is -1.64. The highest BCUT2D eigenvalue weighted by atomic mass is 16.1. The van der Waals surface area contributed by atoms with Crippen LogP contribution >= 0.6 is 0 Å². The van der Waals surface area contributed by atoms with Crippen LogP contribution in [0, 0.1) is 0 Å². The molecular weight excluding hydrogens is 188 g/mol. The molecule has 0 fully saturated rings. The molecule has 78 valence electrons. The van der Waals surface area contributed by atoms with Gasteiger partial charge in [-0.2, -0.15) is 0 Å². The molecule has 1 heterocycles. The largest absolute Gasteiger partial charge is 0.367 e. The van der Waals surface area contributed by atoms with Crippen molar-refractivity contribution >= 4 is 23.4 Å². The van der Waals surface area contributed by atoms with E-state index >= 15 is 0 Å². The van der Waals surface area contributed by atoms with E-state index in [4.69, 9.17) is 0 Å². The van der Waals surface area contributed by atoms with Gasteiger partial charge in [-0.15, -0.1) is 0 Å². The highest BCUT2D eigenvalue weighted by Crippen LogP contribution is 2.34. The molecule has 0 aromatic heterocycles. The van der Waals surface area contributed by atoms with Gasteiger partial charge in [-0.25, -0.2) is 4.99 Å². The van der Waals surface area contributed by atoms with Crippen LogP contribution in [0.4, 0.5) is 11.4 Å². The summed E-state index contributed by atoms with van der Waals surface area (Å²) in [5.74, 6) is 0. The van der Waals surface area contributed by atoms with E-state index < -0.39 is 0 Å². The smallest absolute Gasteiger partial charge is 0.166 e. The van der Waals surface area contributed by atoms with Gasteiger partial charge in [-0.1, -0.05) is 19.1 Å². The first-order valence-electron chi connectivity index (χ1n) is 5.12. The lowest BCUT2D eigenvalue weighted by atomic mass is 10.1. The molecule has 0 amide bonds. The van der Waals surface area contributed by atoms with Gasteiger partial charge in [0.05, 0.1) is 17.9 Å². The van der Waals surface area contributed by atoms with E-state index in [2.05, 4.69) is 22.9 Å². The van der Waals surface area contributed by atoms with E-state index in [0.717, 1.165) is 24.1 Å². The third kappa shape index (κ3) is 1.65. The molecule has 2 rings (SSSR count). The lowest BCUT2D eigenvalue weighted by Gasteiger charge is -2.26. The number of aliphatic imine (C=N–C) groups is 1. The normalized spacial score (nSPS) is 14.5. The van der Waals surface area contributed by atoms with Gasteiger partial charge in [0, 0.05) is 7.05 Å². The van der Waals surface area contributed by atoms with Gasteiger partial charge in [0.2, 0.25) is 0 Å². The number of fused-ring (bicyclic) bond motifs is 1. The first-order valence-corrected chi connectivity index (χ1v) is 5.12. The molecule has 0 saturated carbocycles. The summed E-state index contributed by atoms with van der Waals surface area (Å²) >= 11 is 0. The zero-order valence-corrected chi connectivity index (χ0v) is 9.03. The fourth-order valence-electron chi connectivity index (χ4n) is 1.87. The third-order valence-corrected chi connectivity index (χ3v) is 2.68. The van der Waals surface area contributed by atoms with E-state index in [1.165, 1.54) is 5.56 Å². The van der Waals surface area contributed by atoms with Crippen LogP contribution in [0.25, 0.3) is 0 Å². The number of nitrogens with zero attached hydrogens (tertiary/aromatic N) is 2. The zero-order valence-electron chi connectivity index (χ0n) is 9.03. The van der Waals surface area contributed by atoms with Crippen LogP contribution < -0.4 is 4.90 Å². The van der Waals surface area contributed by atoms with E-state index in [-0.39, 0.29) is 0 Å². The Morgan fingerprint density at radius 1 is 1.53 bits per heavy atom. The summed E-state index contributed by atoms with van der Waals surface area (Å²) in [6.07, 6.45) is 1.78. The van der Waals surface area contributed by atoms with Gasteiger partial charge in [0.25, 0.3) is 0 Å². The van der Waals surface area contributed by atoms with E-state index in [0.29, 0.717) is 12.3 Å². The quantitative estimate of drug-likeness (QED) is 0.687. The summed E-state index contributed by atoms with van der Waals surface area (Å²) in [6, 6.07) is 6.14. The second-order valence-corrected chi connectivity index (χ2v) is 3.72. The predicted molar refractivity (Wildman–Crippen MR) is 62.2 cm³/mol. The number of aryl methyl sites for hydroxylation is 1. The number of benzene rings is 1. The lowest BCUT2D eigenvalue weighted by molar-refractivity contribution is -0.102. The Morgan fingerprint density at radius 3 is 3.00 bits per heavy atom. The highest BCUT2D eigenvalue weighted by Gasteiger charge is 2.17. The molecule has 1 aliphatic heterocycles. The molecule has 0 N–H and O–H groups in total. The Balaban J connectivity index is 2.59. The Kier molecular flexibility index (Phi) is 2.54. The summed E-state index contributed by atoms with van der Waals surface area (Å²) in [5, 5.41) is 0. The van der Waals surface area contributed by atoms with Crippen molar-refractivity contribution in [1.82, 2.24) is 0 Å². The Bertz CT molecular complexity index is 424. The fourth-order valence-corrected chi connectivity index (χ4v) is 1.87. The molecule has 0 unspecified atom stereocenters. The van der Waals surface area contributed by atoms with Crippen LogP contribution in [0.5, 0.6) is 0 Å². The molecule has 0 atom stereocenters. The summed E-state index contributed by atoms with van der Waals surface area (Å²) in [7, 11) is 1.98. The van der Waals surface area contributed by atoms with Gasteiger partial charge >= 0.3 is 0 Å². The van der Waals surface area contributed by atoms with Crippen LogP contribution in [0.2, 0.25) is 0 Å². The van der Waals surface area contributed by atoms with Crippen LogP contribution in [0.1, 0.15) is 12.5 Å². The van der Waals surface area contributed by atoms with E-state index in [9.17, 15) is 4.79 Å². The monoisotopic (exact) mass is 202 g/mol. The van der Waals surface area contributed by atoms with Gasteiger partial charge in [-0.3, -0.25) is 4.79 Å². The Labute approximate surface area is 89.4 Å². The first kappa shape index (κ1) is 9.90. The van der Waals surface area contributed by atoms with Crippen molar-refractivity contribution in [2.24, 2.45) is 4.99 Å². The number of rotatable bonds is 2. The van der Waals surface area contributed by atoms with Crippen LogP contribution in [0.3, 0.4) is 0 Å². The molecule has 0 saturated heterocycles. The number of anilines is 1. The van der Waals surface area contributed by atoms with Crippen molar-refractivity contribution in [3.63, 3.8) is 0 Å². The molecular formula is C12H14N2O. The topological polar surface area (TPSA) is 32.7 Å². The van der Waals surface area contributed by atoms with E-state index in [1.807, 2.05) is 19.2 Å². The maximum Gasteiger partial charge on any atom is 0.166 e. The van der Waals surface area contributed by atoms with Gasteiger partial charge in [0.1, 0.15) is 5.71 Å². The van der Waals surface area contributed by atoms with Crippen LogP contribution in [-0.4, -0.2) is 25.6 Å². The molecule has 3 heteroatoms. The number of hydrogen-bond acceptors (Lipinski definition) is 3. The van der Waals surface area contributed by atoms with Gasteiger partial charge in [0.15, 0.2) is 6.29 Å². The van der Waals surface area contributed by atoms with Gasteiger partial charge < -0.3 is 4.90 Å². The van der Waals surface area contributed by atoms with Crippen molar-refractivity contribution in [1.29, 1.82) is 0 Å². The second kappa shape index (κ2) is 3.85. The molecule has 1 aromatic carbocycles. The highest BCUT2D eigenvalue weighted by molar-refractivity contribution is 6.31. The average molecular weight is 202 g/mol. The molecule has 0 bridgehead atoms. The van der Waals surface area contributed by atoms with Gasteiger partial charge in [-0.05, 0) is 18.1 Å². The summed E-state index contributed by atoms with van der Waals surface area (Å²) in [5.41, 5.74) is 3.86. The maximum atomic E-state index is 10.8. The van der Waals surface area contributed by atoms with Crippen LogP contribution in [-0.2, 0) is 11.2 Å². The van der Waals surface area contributed by atoms with Crippen molar-refractivity contribution in [2.45, 2.75) is 13.3 Å². The van der Waals surface area contributed by atoms with Crippen molar-refractivity contribution in [2.75, 3.05) is 18.5 Å². The Morgan fingerprint density at radius 2 is 2.33 bits per heavy atom. The molecule has 0 aliphatic carbocycles.